The Balaban J connectivity index is 1.58. The molecule has 0 spiro atoms. The molecule has 1 atom stereocenters. The van der Waals surface area contributed by atoms with Crippen molar-refractivity contribution in [1.29, 1.82) is 0 Å². The van der Waals surface area contributed by atoms with Gasteiger partial charge in [0.15, 0.2) is 5.13 Å². The molecule has 0 unspecified atom stereocenters. The van der Waals surface area contributed by atoms with Crippen molar-refractivity contribution in [3.05, 3.63) is 46.5 Å². The van der Waals surface area contributed by atoms with E-state index < -0.39 is 6.04 Å². The molecular weight excluding hydrogens is 298 g/mol. The summed E-state index contributed by atoms with van der Waals surface area (Å²) >= 11 is 1.53. The van der Waals surface area contributed by atoms with Crippen molar-refractivity contribution in [3.8, 4) is 0 Å². The topological polar surface area (TPSA) is 71.1 Å². The third-order valence-corrected chi connectivity index (χ3v) is 4.68. The van der Waals surface area contributed by atoms with Crippen LogP contribution < -0.4 is 10.6 Å². The summed E-state index contributed by atoms with van der Waals surface area (Å²) in [5.74, 6) is -0.512. The number of hydrogen-bond donors (Lipinski definition) is 2. The minimum absolute atomic E-state index is 0.253. The van der Waals surface area contributed by atoms with Crippen LogP contribution in [0.3, 0.4) is 0 Å². The van der Waals surface area contributed by atoms with Gasteiger partial charge >= 0.3 is 0 Å². The van der Waals surface area contributed by atoms with Crippen molar-refractivity contribution in [2.45, 2.75) is 32.2 Å². The number of hydrogen-bond acceptors (Lipinski definition) is 4. The number of anilines is 1. The van der Waals surface area contributed by atoms with Gasteiger partial charge in [-0.25, -0.2) is 4.98 Å². The molecule has 5 nitrogen and oxygen atoms in total. The summed E-state index contributed by atoms with van der Waals surface area (Å²) in [5, 5.41) is 6.09. The largest absolute Gasteiger partial charge is 0.341 e. The Morgan fingerprint density at radius 3 is 2.73 bits per heavy atom. The predicted molar refractivity (Wildman–Crippen MR) is 86.1 cm³/mol. The number of aromatic nitrogens is 1. The molecule has 2 N–H and O–H groups in total. The Labute approximate surface area is 132 Å². The van der Waals surface area contributed by atoms with E-state index in [1.54, 1.807) is 31.2 Å². The van der Waals surface area contributed by atoms with Gasteiger partial charge in [-0.2, -0.15) is 0 Å². The van der Waals surface area contributed by atoms with Crippen molar-refractivity contribution >= 4 is 28.3 Å². The second-order valence-electron chi connectivity index (χ2n) is 5.29. The van der Waals surface area contributed by atoms with Gasteiger partial charge < -0.3 is 10.6 Å². The molecule has 0 aliphatic heterocycles. The second-order valence-corrected chi connectivity index (χ2v) is 6.38. The number of amides is 2. The van der Waals surface area contributed by atoms with Crippen LogP contribution in [0.5, 0.6) is 0 Å². The van der Waals surface area contributed by atoms with Crippen LogP contribution in [0.25, 0.3) is 0 Å². The Hall–Kier alpha value is -2.21. The van der Waals surface area contributed by atoms with Crippen LogP contribution in [-0.4, -0.2) is 22.8 Å². The van der Waals surface area contributed by atoms with E-state index in [4.69, 9.17) is 0 Å². The zero-order valence-corrected chi connectivity index (χ0v) is 13.1. The maximum atomic E-state index is 12.1. The van der Waals surface area contributed by atoms with E-state index in [1.165, 1.54) is 16.2 Å². The maximum Gasteiger partial charge on any atom is 0.251 e. The third kappa shape index (κ3) is 3.17. The summed E-state index contributed by atoms with van der Waals surface area (Å²) in [6, 6.07) is 8.23. The molecule has 22 heavy (non-hydrogen) atoms. The first kappa shape index (κ1) is 14.7. The predicted octanol–water partition coefficient (Wildman–Crippen LogP) is 2.39. The molecule has 114 valence electrons. The SMILES string of the molecule is C[C@@H](NC(=O)c1ccccc1)C(=O)Nc1nc2c(s1)CCC2. The maximum absolute atomic E-state index is 12.1. The van der Waals surface area contributed by atoms with Crippen molar-refractivity contribution in [1.82, 2.24) is 10.3 Å². The summed E-state index contributed by atoms with van der Waals surface area (Å²) < 4.78 is 0. The Kier molecular flexibility index (Phi) is 4.20. The fourth-order valence-electron chi connectivity index (χ4n) is 2.39. The lowest BCUT2D eigenvalue weighted by Crippen LogP contribution is -2.41. The number of aryl methyl sites for hydroxylation is 2. The number of carbonyl (C=O) groups excluding carboxylic acids is 2. The molecule has 2 aromatic rings. The van der Waals surface area contributed by atoms with Gasteiger partial charge in [-0.05, 0) is 38.3 Å². The molecule has 0 fully saturated rings. The van der Waals surface area contributed by atoms with Crippen molar-refractivity contribution in [3.63, 3.8) is 0 Å². The molecule has 6 heteroatoms. The van der Waals surface area contributed by atoms with Crippen LogP contribution in [0.2, 0.25) is 0 Å². The standard InChI is InChI=1S/C16H17N3O2S/c1-10(17-15(21)11-6-3-2-4-7-11)14(20)19-16-18-12-8-5-9-13(12)22-16/h2-4,6-7,10H,5,8-9H2,1H3,(H,17,21)(H,18,19,20)/t10-/m1/s1. The van der Waals surface area contributed by atoms with Gasteiger partial charge in [0.05, 0.1) is 5.69 Å². The van der Waals surface area contributed by atoms with Crippen molar-refractivity contribution < 1.29 is 9.59 Å². The van der Waals surface area contributed by atoms with E-state index in [1.807, 2.05) is 6.07 Å². The van der Waals surface area contributed by atoms with E-state index in [0.29, 0.717) is 10.7 Å². The van der Waals surface area contributed by atoms with Crippen LogP contribution in [0, 0.1) is 0 Å². The van der Waals surface area contributed by atoms with Crippen LogP contribution in [0.1, 0.15) is 34.3 Å². The first-order valence-corrected chi connectivity index (χ1v) is 8.10. The molecule has 0 radical (unpaired) electrons. The fraction of sp³-hybridized carbons (Fsp3) is 0.312. The zero-order chi connectivity index (χ0) is 15.5. The molecule has 1 heterocycles. The number of nitrogens with zero attached hydrogens (tertiary/aromatic N) is 1. The smallest absolute Gasteiger partial charge is 0.251 e. The molecule has 1 aliphatic carbocycles. The van der Waals surface area contributed by atoms with E-state index in [0.717, 1.165) is 25.0 Å². The molecule has 2 amide bonds. The van der Waals surface area contributed by atoms with Gasteiger partial charge in [0.25, 0.3) is 5.91 Å². The lowest BCUT2D eigenvalue weighted by Gasteiger charge is -2.13. The van der Waals surface area contributed by atoms with Gasteiger partial charge in [-0.15, -0.1) is 11.3 Å². The highest BCUT2D eigenvalue weighted by atomic mass is 32.1. The molecule has 3 rings (SSSR count). The van der Waals surface area contributed by atoms with E-state index in [9.17, 15) is 9.59 Å². The van der Waals surface area contributed by atoms with Crippen LogP contribution in [-0.2, 0) is 17.6 Å². The quantitative estimate of drug-likeness (QED) is 0.910. The van der Waals surface area contributed by atoms with Gasteiger partial charge in [-0.1, -0.05) is 18.2 Å². The van der Waals surface area contributed by atoms with Crippen molar-refractivity contribution in [2.24, 2.45) is 0 Å². The van der Waals surface area contributed by atoms with Gasteiger partial charge in [0.1, 0.15) is 6.04 Å². The molecule has 1 aliphatic rings. The molecule has 0 saturated heterocycles. The summed E-state index contributed by atoms with van der Waals surface area (Å²) in [6.07, 6.45) is 3.18. The zero-order valence-electron chi connectivity index (χ0n) is 12.3. The highest BCUT2D eigenvalue weighted by molar-refractivity contribution is 7.15. The average Bonchev–Trinajstić information content (AvgIpc) is 3.09. The second kappa shape index (κ2) is 6.27. The van der Waals surface area contributed by atoms with E-state index in [2.05, 4.69) is 15.6 Å². The first-order chi connectivity index (χ1) is 10.6. The molecule has 1 aromatic heterocycles. The number of thiazole rings is 1. The van der Waals surface area contributed by atoms with Gasteiger partial charge in [0.2, 0.25) is 5.91 Å². The number of nitrogens with one attached hydrogen (secondary N) is 2. The lowest BCUT2D eigenvalue weighted by molar-refractivity contribution is -0.117. The molecular formula is C16H17N3O2S. The number of rotatable bonds is 4. The van der Waals surface area contributed by atoms with Gasteiger partial charge in [-0.3, -0.25) is 9.59 Å². The summed E-state index contributed by atoms with van der Waals surface area (Å²) in [6.45, 7) is 1.66. The number of carbonyl (C=O) groups is 2. The van der Waals surface area contributed by atoms with E-state index in [-0.39, 0.29) is 11.8 Å². The van der Waals surface area contributed by atoms with Crippen LogP contribution in [0.4, 0.5) is 5.13 Å². The number of benzene rings is 1. The molecule has 0 saturated carbocycles. The minimum Gasteiger partial charge on any atom is -0.341 e. The van der Waals surface area contributed by atoms with Crippen LogP contribution >= 0.6 is 11.3 Å². The Morgan fingerprint density at radius 1 is 1.23 bits per heavy atom. The monoisotopic (exact) mass is 315 g/mol. The normalized spacial score (nSPS) is 14.2. The third-order valence-electron chi connectivity index (χ3n) is 3.60. The van der Waals surface area contributed by atoms with Gasteiger partial charge in [0, 0.05) is 10.4 Å². The minimum atomic E-state index is -0.619. The first-order valence-electron chi connectivity index (χ1n) is 7.29. The Morgan fingerprint density at radius 2 is 2.00 bits per heavy atom. The van der Waals surface area contributed by atoms with Crippen molar-refractivity contribution in [2.75, 3.05) is 5.32 Å². The van der Waals surface area contributed by atoms with Crippen LogP contribution in [0.15, 0.2) is 30.3 Å². The summed E-state index contributed by atoms with van der Waals surface area (Å²) in [5.41, 5.74) is 1.64. The van der Waals surface area contributed by atoms with E-state index >= 15 is 0 Å². The summed E-state index contributed by atoms with van der Waals surface area (Å²) in [4.78, 5) is 29.9. The highest BCUT2D eigenvalue weighted by Crippen LogP contribution is 2.30. The fourth-order valence-corrected chi connectivity index (χ4v) is 3.45. The molecule has 1 aromatic carbocycles. The number of fused-ring (bicyclic) bond motifs is 1. The average molecular weight is 315 g/mol. The Bertz CT molecular complexity index is 675. The highest BCUT2D eigenvalue weighted by Gasteiger charge is 2.21. The molecule has 0 bridgehead atoms. The summed E-state index contributed by atoms with van der Waals surface area (Å²) in [7, 11) is 0. The lowest BCUT2D eigenvalue weighted by atomic mass is 10.2.